The second-order valence-electron chi connectivity index (χ2n) is 9.56. The van der Waals surface area contributed by atoms with E-state index in [1.165, 1.54) is 40.9 Å². The summed E-state index contributed by atoms with van der Waals surface area (Å²) in [4.78, 5) is 30.9. The number of halogens is 1. The van der Waals surface area contributed by atoms with E-state index < -0.39 is 10.0 Å². The van der Waals surface area contributed by atoms with Crippen LogP contribution in [-0.4, -0.2) is 59.7 Å². The number of amides is 3. The Labute approximate surface area is 221 Å². The van der Waals surface area contributed by atoms with E-state index >= 15 is 0 Å². The molecule has 2 N–H and O–H groups in total. The molecule has 0 atom stereocenters. The highest BCUT2D eigenvalue weighted by atomic mass is 35.5. The number of aromatic nitrogens is 1. The van der Waals surface area contributed by atoms with Gasteiger partial charge in [-0.2, -0.15) is 4.31 Å². The summed E-state index contributed by atoms with van der Waals surface area (Å²) in [5.41, 5.74) is 0.546. The number of thiazole rings is 1. The van der Waals surface area contributed by atoms with Crippen molar-refractivity contribution >= 4 is 55.7 Å². The zero-order valence-corrected chi connectivity index (χ0v) is 22.8. The molecule has 0 spiro atoms. The van der Waals surface area contributed by atoms with Gasteiger partial charge in [0.05, 0.1) is 11.1 Å². The minimum atomic E-state index is -3.68. The third-order valence-corrected chi connectivity index (χ3v) is 9.88. The van der Waals surface area contributed by atoms with E-state index in [-0.39, 0.29) is 28.9 Å². The molecule has 2 aliphatic rings. The minimum Gasteiger partial charge on any atom is -0.326 e. The first-order valence-corrected chi connectivity index (χ1v) is 14.9. The molecule has 12 heteroatoms. The lowest BCUT2D eigenvalue weighted by Gasteiger charge is -2.43. The number of benzene rings is 1. The van der Waals surface area contributed by atoms with Crippen molar-refractivity contribution in [3.63, 3.8) is 0 Å². The van der Waals surface area contributed by atoms with E-state index in [0.29, 0.717) is 47.0 Å². The van der Waals surface area contributed by atoms with Gasteiger partial charge in [0.1, 0.15) is 4.34 Å². The molecular formula is C24H32ClN5O4S2. The molecule has 1 aliphatic heterocycles. The monoisotopic (exact) mass is 553 g/mol. The number of anilines is 2. The zero-order chi connectivity index (χ0) is 25.9. The van der Waals surface area contributed by atoms with Crippen LogP contribution in [0.1, 0.15) is 52.4 Å². The number of hydrogen-bond donors (Lipinski definition) is 2. The third kappa shape index (κ3) is 6.37. The molecule has 9 nitrogen and oxygen atoms in total. The highest BCUT2D eigenvalue weighted by Gasteiger charge is 2.37. The number of carbonyl (C=O) groups is 2. The Morgan fingerprint density at radius 2 is 1.64 bits per heavy atom. The Morgan fingerprint density at radius 1 is 1.03 bits per heavy atom. The van der Waals surface area contributed by atoms with Crippen LogP contribution in [0.5, 0.6) is 0 Å². The first kappa shape index (κ1) is 26.8. The number of urea groups is 1. The first-order valence-electron chi connectivity index (χ1n) is 12.2. The smallest absolute Gasteiger partial charge is 0.324 e. The molecule has 2 fully saturated rings. The summed E-state index contributed by atoms with van der Waals surface area (Å²) >= 11 is 7.20. The van der Waals surface area contributed by atoms with Crippen LogP contribution in [-0.2, 0) is 14.8 Å². The Bertz CT molecular complexity index is 1170. The Kier molecular flexibility index (Phi) is 8.54. The molecule has 1 aliphatic carbocycles. The summed E-state index contributed by atoms with van der Waals surface area (Å²) in [6.45, 7) is 4.30. The molecule has 0 bridgehead atoms. The van der Waals surface area contributed by atoms with Crippen molar-refractivity contribution in [1.82, 2.24) is 14.2 Å². The van der Waals surface area contributed by atoms with Gasteiger partial charge >= 0.3 is 6.03 Å². The Morgan fingerprint density at radius 3 is 2.19 bits per heavy atom. The zero-order valence-electron chi connectivity index (χ0n) is 20.4. The quantitative estimate of drug-likeness (QED) is 0.521. The highest BCUT2D eigenvalue weighted by Crippen LogP contribution is 2.33. The van der Waals surface area contributed by atoms with Crippen LogP contribution in [0.2, 0.25) is 4.34 Å². The van der Waals surface area contributed by atoms with E-state index in [9.17, 15) is 18.0 Å². The molecule has 2 aromatic rings. The van der Waals surface area contributed by atoms with E-state index in [1.807, 2.05) is 4.90 Å². The summed E-state index contributed by atoms with van der Waals surface area (Å²) in [6, 6.07) is 6.04. The highest BCUT2D eigenvalue weighted by molar-refractivity contribution is 7.89. The van der Waals surface area contributed by atoms with Crippen LogP contribution in [0, 0.1) is 5.92 Å². The van der Waals surface area contributed by atoms with Crippen molar-refractivity contribution in [2.45, 2.75) is 69.4 Å². The molecule has 1 saturated heterocycles. The maximum atomic E-state index is 13.4. The fourth-order valence-electron chi connectivity index (χ4n) is 5.04. The van der Waals surface area contributed by atoms with Crippen molar-refractivity contribution in [2.75, 3.05) is 23.7 Å². The summed E-state index contributed by atoms with van der Waals surface area (Å²) < 4.78 is 28.5. The lowest BCUT2D eigenvalue weighted by Crippen LogP contribution is -2.54. The molecule has 196 valence electrons. The van der Waals surface area contributed by atoms with Crippen molar-refractivity contribution < 1.29 is 18.0 Å². The SMILES string of the molecule is CC(=O)Nc1ccc(S(=O)(=O)N2CCC(N(C(=O)Nc3ncc(Cl)s3)C3CCC(C)CC3)CC2)cc1. The molecule has 1 saturated carbocycles. The Balaban J connectivity index is 1.45. The van der Waals surface area contributed by atoms with Gasteiger partial charge in [0.15, 0.2) is 5.13 Å². The van der Waals surface area contributed by atoms with Crippen LogP contribution in [0.3, 0.4) is 0 Å². The average Bonchev–Trinajstić information content (AvgIpc) is 3.25. The maximum absolute atomic E-state index is 13.4. The van der Waals surface area contributed by atoms with Gasteiger partial charge in [-0.1, -0.05) is 29.9 Å². The minimum absolute atomic E-state index is 0.0626. The van der Waals surface area contributed by atoms with Crippen LogP contribution < -0.4 is 10.6 Å². The number of nitrogens with one attached hydrogen (secondary N) is 2. The normalized spacial score (nSPS) is 21.6. The van der Waals surface area contributed by atoms with Crippen molar-refractivity contribution in [2.24, 2.45) is 5.92 Å². The number of rotatable bonds is 6. The van der Waals surface area contributed by atoms with E-state index in [2.05, 4.69) is 22.5 Å². The van der Waals surface area contributed by atoms with Crippen LogP contribution in [0.15, 0.2) is 35.4 Å². The summed E-state index contributed by atoms with van der Waals surface area (Å²) in [7, 11) is -3.68. The lowest BCUT2D eigenvalue weighted by molar-refractivity contribution is -0.114. The predicted molar refractivity (Wildman–Crippen MR) is 142 cm³/mol. The average molecular weight is 554 g/mol. The number of sulfonamides is 1. The number of piperidine rings is 1. The summed E-state index contributed by atoms with van der Waals surface area (Å²) in [6.07, 6.45) is 6.64. The van der Waals surface area contributed by atoms with Crippen molar-refractivity contribution in [1.29, 1.82) is 0 Å². The number of carbonyl (C=O) groups excluding carboxylic acids is 2. The Hall–Kier alpha value is -2.21. The third-order valence-electron chi connectivity index (χ3n) is 6.93. The van der Waals surface area contributed by atoms with Crippen LogP contribution in [0.25, 0.3) is 0 Å². The van der Waals surface area contributed by atoms with E-state index in [0.717, 1.165) is 25.7 Å². The molecule has 0 radical (unpaired) electrons. The van der Waals surface area contributed by atoms with E-state index in [4.69, 9.17) is 11.6 Å². The fraction of sp³-hybridized carbons (Fsp3) is 0.542. The van der Waals surface area contributed by atoms with Crippen molar-refractivity contribution in [3.8, 4) is 0 Å². The first-order chi connectivity index (χ1) is 17.1. The number of nitrogens with zero attached hydrogens (tertiary/aromatic N) is 3. The van der Waals surface area contributed by atoms with Gasteiger partial charge in [0.2, 0.25) is 15.9 Å². The van der Waals surface area contributed by atoms with Gasteiger partial charge in [-0.25, -0.2) is 18.2 Å². The van der Waals surface area contributed by atoms with Gasteiger partial charge in [-0.3, -0.25) is 10.1 Å². The predicted octanol–water partition coefficient (Wildman–Crippen LogP) is 5.02. The van der Waals surface area contributed by atoms with Gasteiger partial charge < -0.3 is 10.2 Å². The maximum Gasteiger partial charge on any atom is 0.324 e. The van der Waals surface area contributed by atoms with Gasteiger partial charge in [0.25, 0.3) is 0 Å². The molecule has 1 aromatic heterocycles. The van der Waals surface area contributed by atoms with Crippen molar-refractivity contribution in [3.05, 3.63) is 34.8 Å². The van der Waals surface area contributed by atoms with Gasteiger partial charge in [0, 0.05) is 37.8 Å². The molecule has 4 rings (SSSR count). The molecular weight excluding hydrogens is 522 g/mol. The molecule has 3 amide bonds. The standard InChI is InChI=1S/C24H32ClN5O4S2/c1-16-3-7-19(8-4-16)30(24(32)28-23-26-15-22(25)35-23)20-11-13-29(14-12-20)36(33,34)21-9-5-18(6-10-21)27-17(2)31/h5-6,9-10,15-16,19-20H,3-4,7-8,11-14H2,1-2H3,(H,27,31)(H,26,28,32). The van der Waals surface area contributed by atoms with Gasteiger partial charge in [-0.15, -0.1) is 0 Å². The second-order valence-corrected chi connectivity index (χ2v) is 13.2. The molecule has 1 aromatic carbocycles. The van der Waals surface area contributed by atoms with Gasteiger partial charge in [-0.05, 0) is 68.7 Å². The fourth-order valence-corrected chi connectivity index (χ4v) is 7.31. The largest absolute Gasteiger partial charge is 0.326 e. The number of hydrogen-bond acceptors (Lipinski definition) is 6. The lowest BCUT2D eigenvalue weighted by atomic mass is 9.85. The summed E-state index contributed by atoms with van der Waals surface area (Å²) in [5, 5.41) is 6.01. The molecule has 0 unspecified atom stereocenters. The van der Waals surface area contributed by atoms with E-state index in [1.54, 1.807) is 12.1 Å². The van der Waals surface area contributed by atoms with Crippen LogP contribution >= 0.6 is 22.9 Å². The van der Waals surface area contributed by atoms with Crippen LogP contribution in [0.4, 0.5) is 15.6 Å². The molecule has 2 heterocycles. The molecule has 36 heavy (non-hydrogen) atoms. The summed E-state index contributed by atoms with van der Waals surface area (Å²) in [5.74, 6) is 0.430. The second kappa shape index (κ2) is 11.5. The topological polar surface area (TPSA) is 112 Å².